The largest absolute Gasteiger partial charge is 0.473 e. The molecule has 440 valence electrons. The van der Waals surface area contributed by atoms with Gasteiger partial charge in [-0.15, -0.1) is 0 Å². The van der Waals surface area contributed by atoms with E-state index in [0.29, 0.717) is 30.0 Å². The number of rotatable bonds is 4. The van der Waals surface area contributed by atoms with E-state index in [9.17, 15) is 87.8 Å². The van der Waals surface area contributed by atoms with Gasteiger partial charge in [0.2, 0.25) is 0 Å². The minimum atomic E-state index is -1.70. The second-order valence-electron chi connectivity index (χ2n) is 18.1. The van der Waals surface area contributed by atoms with Crippen molar-refractivity contribution >= 4 is 22.7 Å². The molecular weight excluding hydrogens is 1170 g/mol. The summed E-state index contributed by atoms with van der Waals surface area (Å²) in [7, 11) is 0. The molecule has 0 aliphatic carbocycles. The summed E-state index contributed by atoms with van der Waals surface area (Å²) >= 11 is 0. The highest BCUT2D eigenvalue weighted by molar-refractivity contribution is 5.55. The molecule has 0 bridgehead atoms. The molecule has 8 nitrogen and oxygen atoms in total. The van der Waals surface area contributed by atoms with Gasteiger partial charge in [-0.2, -0.15) is 0 Å². The summed E-state index contributed by atoms with van der Waals surface area (Å²) in [5.74, 6) is -25.5. The number of nitrogens with zero attached hydrogens (tertiary/aromatic N) is 4. The first-order valence-electron chi connectivity index (χ1n) is 23.9. The molecule has 8 aromatic rings. The Bertz CT molecular complexity index is 3820. The first kappa shape index (κ1) is 59.4. The Labute approximate surface area is 460 Å². The lowest BCUT2D eigenvalue weighted by molar-refractivity contribution is 0.275. The highest BCUT2D eigenvalue weighted by Crippen LogP contribution is 2.38. The fourth-order valence-electron chi connectivity index (χ4n) is 8.62. The van der Waals surface area contributed by atoms with Crippen molar-refractivity contribution in [2.75, 3.05) is 46.5 Å². The van der Waals surface area contributed by atoms with E-state index in [1.54, 1.807) is 4.90 Å². The molecule has 0 atom stereocenters. The van der Waals surface area contributed by atoms with Crippen LogP contribution in [0.4, 0.5) is 111 Å². The molecule has 4 aliphatic rings. The standard InChI is InChI=1S/C14H7F6NO.2C14H8F5NO.C14H9F4NO/c15-6-1-9(17)14(10(18)2-6)21-4-7-11(22-5-21)3-8(16)13(20)12(7)19;15-7-1-2-11(9(16)3-7)20-5-8-12(21-6-20)4-10(17)14(19)13(8)18;15-9-2-1-7(3-10(9)16)20-5-8-12(21-6-20)4-11(17)14(19)13(8)18;15-8-1-3-9(4-2-8)19-6-10-12(20-7-19)5-11(16)14(18)13(10)17/h1-3H,4-5H2;2*1-4H,5-6H2;1-5H,6-7H2. The molecule has 0 aromatic heterocycles. The summed E-state index contributed by atoms with van der Waals surface area (Å²) in [6, 6.07) is 15.4. The van der Waals surface area contributed by atoms with Crippen LogP contribution in [0.15, 0.2) is 97.1 Å². The number of halogens is 20. The third-order valence-corrected chi connectivity index (χ3v) is 12.8. The maximum atomic E-state index is 13.7. The first-order chi connectivity index (χ1) is 39.9. The Hall–Kier alpha value is -9.24. The van der Waals surface area contributed by atoms with Crippen LogP contribution in [-0.2, 0) is 26.2 Å². The molecule has 84 heavy (non-hydrogen) atoms. The fourth-order valence-corrected chi connectivity index (χ4v) is 8.62. The fraction of sp³-hybridized carbons (Fsp3) is 0.143. The second-order valence-corrected chi connectivity index (χ2v) is 18.1. The van der Waals surface area contributed by atoms with Gasteiger partial charge in [-0.1, -0.05) is 0 Å². The lowest BCUT2D eigenvalue weighted by Gasteiger charge is -2.31. The van der Waals surface area contributed by atoms with Gasteiger partial charge in [0.25, 0.3) is 0 Å². The zero-order valence-electron chi connectivity index (χ0n) is 41.9. The quantitative estimate of drug-likeness (QED) is 0.128. The van der Waals surface area contributed by atoms with E-state index < -0.39 is 135 Å². The Balaban J connectivity index is 0.000000134. The summed E-state index contributed by atoms with van der Waals surface area (Å²) in [6.45, 7) is -1.52. The molecule has 0 unspecified atom stereocenters. The average Bonchev–Trinajstić information content (AvgIpc) is 1.56. The number of anilines is 4. The second kappa shape index (κ2) is 24.3. The van der Waals surface area contributed by atoms with Gasteiger partial charge in [0.15, 0.2) is 120 Å². The van der Waals surface area contributed by atoms with Gasteiger partial charge in [-0.25, -0.2) is 87.8 Å². The molecule has 0 radical (unpaired) electrons. The van der Waals surface area contributed by atoms with Crippen LogP contribution >= 0.6 is 0 Å². The Morgan fingerprint density at radius 3 is 1.01 bits per heavy atom. The highest BCUT2D eigenvalue weighted by atomic mass is 19.2. The molecule has 4 heterocycles. The molecule has 0 spiro atoms. The Morgan fingerprint density at radius 2 is 0.595 bits per heavy atom. The van der Waals surface area contributed by atoms with Gasteiger partial charge in [0, 0.05) is 59.9 Å². The Kier molecular flexibility index (Phi) is 17.2. The van der Waals surface area contributed by atoms with Crippen LogP contribution < -0.4 is 38.5 Å². The van der Waals surface area contributed by atoms with Crippen molar-refractivity contribution in [2.24, 2.45) is 0 Å². The Morgan fingerprint density at radius 1 is 0.250 bits per heavy atom. The SMILES string of the molecule is Fc1cc(F)c(N2COc3cc(F)c(F)c(F)c3C2)c(F)c1.Fc1ccc(N2COc3cc(F)c(F)c(F)c3C2)c(F)c1.Fc1ccc(N2COc3cc(F)c(F)c(F)c3C2)cc1.Fc1ccc(N2COc3cc(F)c(F)c(F)c3C2)cc1F. The van der Waals surface area contributed by atoms with Crippen LogP contribution in [0, 0.1) is 116 Å². The number of fused-ring (bicyclic) bond motifs is 4. The number of hydrogen-bond acceptors (Lipinski definition) is 8. The first-order valence-corrected chi connectivity index (χ1v) is 23.9. The van der Waals surface area contributed by atoms with Crippen molar-refractivity contribution in [2.45, 2.75) is 26.2 Å². The average molecular weight is 1200 g/mol. The van der Waals surface area contributed by atoms with Crippen molar-refractivity contribution in [1.82, 2.24) is 0 Å². The lowest BCUT2D eigenvalue weighted by Crippen LogP contribution is -2.34. The van der Waals surface area contributed by atoms with Gasteiger partial charge in [-0.05, 0) is 48.5 Å². The van der Waals surface area contributed by atoms with E-state index in [1.807, 2.05) is 0 Å². The van der Waals surface area contributed by atoms with E-state index >= 15 is 0 Å². The van der Waals surface area contributed by atoms with Crippen molar-refractivity contribution < 1.29 is 107 Å². The van der Waals surface area contributed by atoms with Crippen LogP contribution in [0.25, 0.3) is 0 Å². The van der Waals surface area contributed by atoms with E-state index in [4.69, 9.17) is 18.9 Å². The normalized spacial score (nSPS) is 13.9. The monoisotopic (exact) mass is 1200 g/mol. The van der Waals surface area contributed by atoms with E-state index in [2.05, 4.69) is 0 Å². The zero-order chi connectivity index (χ0) is 60.6. The van der Waals surface area contributed by atoms with Crippen LogP contribution in [-0.4, -0.2) is 26.9 Å². The van der Waals surface area contributed by atoms with Gasteiger partial charge in [0.1, 0.15) is 52.0 Å². The summed E-state index contributed by atoms with van der Waals surface area (Å²) in [6.07, 6.45) is 0. The van der Waals surface area contributed by atoms with E-state index in [-0.39, 0.29) is 96.5 Å². The minimum absolute atomic E-state index is 0.0141. The predicted octanol–water partition coefficient (Wildman–Crippen LogP) is 15.0. The molecular formula is C56H32F20N4O4. The topological polar surface area (TPSA) is 49.9 Å². The highest BCUT2D eigenvalue weighted by Gasteiger charge is 2.32. The molecule has 0 saturated heterocycles. The molecule has 8 aromatic carbocycles. The number of benzene rings is 8. The molecule has 4 aliphatic heterocycles. The molecule has 28 heteroatoms. The third-order valence-electron chi connectivity index (χ3n) is 12.8. The maximum absolute atomic E-state index is 13.7. The van der Waals surface area contributed by atoms with Crippen LogP contribution in [0.1, 0.15) is 22.3 Å². The van der Waals surface area contributed by atoms with Crippen LogP contribution in [0.2, 0.25) is 0 Å². The van der Waals surface area contributed by atoms with Gasteiger partial charge in [-0.3, -0.25) is 0 Å². The summed E-state index contributed by atoms with van der Waals surface area (Å²) in [5.41, 5.74) is -0.659. The van der Waals surface area contributed by atoms with Gasteiger partial charge in [0.05, 0.1) is 54.1 Å². The summed E-state index contributed by atoms with van der Waals surface area (Å²) in [5, 5.41) is 0. The van der Waals surface area contributed by atoms with Crippen molar-refractivity contribution in [1.29, 1.82) is 0 Å². The number of ether oxygens (including phenoxy) is 4. The van der Waals surface area contributed by atoms with Crippen LogP contribution in [0.3, 0.4) is 0 Å². The molecule has 0 saturated carbocycles. The predicted molar refractivity (Wildman–Crippen MR) is 257 cm³/mol. The van der Waals surface area contributed by atoms with Crippen molar-refractivity contribution in [3.63, 3.8) is 0 Å². The number of hydrogen-bond donors (Lipinski definition) is 0. The zero-order valence-corrected chi connectivity index (χ0v) is 41.9. The van der Waals surface area contributed by atoms with Gasteiger partial charge >= 0.3 is 0 Å². The summed E-state index contributed by atoms with van der Waals surface area (Å²) < 4.78 is 286. The van der Waals surface area contributed by atoms with E-state index in [1.165, 1.54) is 40.1 Å². The van der Waals surface area contributed by atoms with E-state index in [0.717, 1.165) is 47.4 Å². The van der Waals surface area contributed by atoms with Crippen molar-refractivity contribution in [3.05, 3.63) is 236 Å². The third kappa shape index (κ3) is 12.3. The molecule has 12 rings (SSSR count). The molecule has 0 N–H and O–H groups in total. The van der Waals surface area contributed by atoms with Crippen LogP contribution in [0.5, 0.6) is 23.0 Å². The van der Waals surface area contributed by atoms with Gasteiger partial charge < -0.3 is 38.5 Å². The smallest absolute Gasteiger partial charge is 0.195 e. The summed E-state index contributed by atoms with van der Waals surface area (Å²) in [4.78, 5) is 5.11. The maximum Gasteiger partial charge on any atom is 0.195 e. The molecule has 0 amide bonds. The molecule has 0 fully saturated rings. The minimum Gasteiger partial charge on any atom is -0.473 e. The lowest BCUT2D eigenvalue weighted by atomic mass is 10.1. The van der Waals surface area contributed by atoms with Crippen molar-refractivity contribution in [3.8, 4) is 23.0 Å².